The molecule has 0 unspecified atom stereocenters. The second kappa shape index (κ2) is 6.54. The van der Waals surface area contributed by atoms with E-state index in [1.165, 1.54) is 25.3 Å². The highest BCUT2D eigenvalue weighted by Gasteiger charge is 2.24. The van der Waals surface area contributed by atoms with Crippen molar-refractivity contribution in [3.05, 3.63) is 34.2 Å². The van der Waals surface area contributed by atoms with Crippen LogP contribution in [0, 0.1) is 6.92 Å². The van der Waals surface area contributed by atoms with Crippen molar-refractivity contribution in [3.63, 3.8) is 0 Å². The van der Waals surface area contributed by atoms with Crippen LogP contribution in [0.15, 0.2) is 32.3 Å². The standard InChI is InChI=1S/C16H19NO6S/c1-10-6-16(18)23-13-8-14(21-2)15(7-12(10)13)24(19,20)17-9-11-4-3-5-22-11/h6-8,11,17H,3-5,9H2,1-2H3/t11-/m1/s1. The van der Waals surface area contributed by atoms with E-state index in [1.54, 1.807) is 6.92 Å². The van der Waals surface area contributed by atoms with Gasteiger partial charge in [0.2, 0.25) is 10.0 Å². The minimum Gasteiger partial charge on any atom is -0.495 e. The van der Waals surface area contributed by atoms with Crippen LogP contribution < -0.4 is 15.1 Å². The number of hydrogen-bond acceptors (Lipinski definition) is 6. The SMILES string of the molecule is COc1cc2oc(=O)cc(C)c2cc1S(=O)(=O)NC[C@H]1CCCO1. The largest absolute Gasteiger partial charge is 0.495 e. The molecule has 2 aromatic rings. The highest BCUT2D eigenvalue weighted by molar-refractivity contribution is 7.89. The van der Waals surface area contributed by atoms with Crippen LogP contribution in [-0.4, -0.2) is 34.8 Å². The van der Waals surface area contributed by atoms with Crippen molar-refractivity contribution in [2.75, 3.05) is 20.3 Å². The Morgan fingerprint density at radius 2 is 2.12 bits per heavy atom. The van der Waals surface area contributed by atoms with Gasteiger partial charge in [0.25, 0.3) is 0 Å². The molecule has 1 aromatic carbocycles. The molecule has 24 heavy (non-hydrogen) atoms. The summed E-state index contributed by atoms with van der Waals surface area (Å²) in [5, 5.41) is 0.549. The summed E-state index contributed by atoms with van der Waals surface area (Å²) in [7, 11) is -2.41. The number of benzene rings is 1. The average Bonchev–Trinajstić information content (AvgIpc) is 3.05. The third kappa shape index (κ3) is 3.31. The van der Waals surface area contributed by atoms with Crippen LogP contribution in [0.5, 0.6) is 5.75 Å². The monoisotopic (exact) mass is 353 g/mol. The summed E-state index contributed by atoms with van der Waals surface area (Å²) in [5.74, 6) is 0.121. The van der Waals surface area contributed by atoms with Crippen LogP contribution in [0.25, 0.3) is 11.0 Å². The van der Waals surface area contributed by atoms with Gasteiger partial charge in [0.15, 0.2) is 0 Å². The minimum atomic E-state index is -3.78. The summed E-state index contributed by atoms with van der Waals surface area (Å²) in [6.07, 6.45) is 1.66. The predicted octanol–water partition coefficient (Wildman–Crippen LogP) is 1.57. The molecule has 0 saturated carbocycles. The molecule has 1 N–H and O–H groups in total. The Hall–Kier alpha value is -1.90. The second-order valence-electron chi connectivity index (χ2n) is 5.73. The van der Waals surface area contributed by atoms with Gasteiger partial charge in [-0.25, -0.2) is 17.9 Å². The lowest BCUT2D eigenvalue weighted by atomic mass is 10.1. The molecule has 1 atom stereocenters. The molecule has 8 heteroatoms. The summed E-state index contributed by atoms with van der Waals surface area (Å²) in [5.41, 5.74) is 0.434. The van der Waals surface area contributed by atoms with Crippen LogP contribution in [0.2, 0.25) is 0 Å². The van der Waals surface area contributed by atoms with Gasteiger partial charge in [0, 0.05) is 30.7 Å². The first kappa shape index (κ1) is 16.9. The fraction of sp³-hybridized carbons (Fsp3) is 0.438. The molecular weight excluding hydrogens is 334 g/mol. The number of methoxy groups -OCH3 is 1. The first-order valence-corrected chi connectivity index (χ1v) is 9.13. The number of ether oxygens (including phenoxy) is 2. The van der Waals surface area contributed by atoms with Gasteiger partial charge in [-0.05, 0) is 31.4 Å². The van der Waals surface area contributed by atoms with Gasteiger partial charge in [-0.15, -0.1) is 0 Å². The van der Waals surface area contributed by atoms with Gasteiger partial charge in [-0.2, -0.15) is 0 Å². The molecule has 0 aliphatic carbocycles. The maximum atomic E-state index is 12.7. The zero-order valence-corrected chi connectivity index (χ0v) is 14.3. The van der Waals surface area contributed by atoms with E-state index in [4.69, 9.17) is 13.9 Å². The first-order valence-electron chi connectivity index (χ1n) is 7.64. The van der Waals surface area contributed by atoms with Crippen LogP contribution in [-0.2, 0) is 14.8 Å². The molecule has 1 saturated heterocycles. The van der Waals surface area contributed by atoms with E-state index >= 15 is 0 Å². The molecule has 3 rings (SSSR count). The lowest BCUT2D eigenvalue weighted by Crippen LogP contribution is -2.32. The smallest absolute Gasteiger partial charge is 0.336 e. The Bertz CT molecular complexity index is 912. The summed E-state index contributed by atoms with van der Waals surface area (Å²) >= 11 is 0. The molecule has 2 heterocycles. The molecule has 0 bridgehead atoms. The topological polar surface area (TPSA) is 94.8 Å². The number of fused-ring (bicyclic) bond motifs is 1. The van der Waals surface area contributed by atoms with E-state index < -0.39 is 15.6 Å². The Kier molecular flexibility index (Phi) is 4.62. The van der Waals surface area contributed by atoms with Gasteiger partial charge in [0.1, 0.15) is 16.2 Å². The number of aryl methyl sites for hydroxylation is 1. The molecule has 0 amide bonds. The molecule has 1 aromatic heterocycles. The van der Waals surface area contributed by atoms with Gasteiger partial charge < -0.3 is 13.9 Å². The molecular formula is C16H19NO6S. The Morgan fingerprint density at radius 1 is 1.33 bits per heavy atom. The molecule has 130 valence electrons. The fourth-order valence-electron chi connectivity index (χ4n) is 2.78. The van der Waals surface area contributed by atoms with Gasteiger partial charge in [-0.1, -0.05) is 0 Å². The summed E-state index contributed by atoms with van der Waals surface area (Å²) in [6.45, 7) is 2.60. The average molecular weight is 353 g/mol. The molecule has 0 radical (unpaired) electrons. The van der Waals surface area contributed by atoms with Crippen molar-refractivity contribution in [2.24, 2.45) is 0 Å². The highest BCUT2D eigenvalue weighted by atomic mass is 32.2. The maximum Gasteiger partial charge on any atom is 0.336 e. The van der Waals surface area contributed by atoms with Crippen LogP contribution >= 0.6 is 0 Å². The zero-order chi connectivity index (χ0) is 17.3. The van der Waals surface area contributed by atoms with Crippen molar-refractivity contribution >= 4 is 21.0 Å². The number of nitrogens with one attached hydrogen (secondary N) is 1. The Balaban J connectivity index is 2.01. The van der Waals surface area contributed by atoms with E-state index in [0.29, 0.717) is 17.6 Å². The van der Waals surface area contributed by atoms with Crippen LogP contribution in [0.4, 0.5) is 0 Å². The molecule has 1 fully saturated rings. The van der Waals surface area contributed by atoms with E-state index in [9.17, 15) is 13.2 Å². The van der Waals surface area contributed by atoms with Gasteiger partial charge >= 0.3 is 5.63 Å². The van der Waals surface area contributed by atoms with Gasteiger partial charge in [0.05, 0.1) is 13.2 Å². The second-order valence-corrected chi connectivity index (χ2v) is 7.47. The predicted molar refractivity (Wildman–Crippen MR) is 87.9 cm³/mol. The van der Waals surface area contributed by atoms with E-state index in [0.717, 1.165) is 12.8 Å². The zero-order valence-electron chi connectivity index (χ0n) is 13.5. The maximum absolute atomic E-state index is 12.7. The van der Waals surface area contributed by atoms with Crippen molar-refractivity contribution < 1.29 is 22.3 Å². The molecule has 0 spiro atoms. The normalized spacial score (nSPS) is 18.2. The first-order chi connectivity index (χ1) is 11.4. The quantitative estimate of drug-likeness (QED) is 0.820. The van der Waals surface area contributed by atoms with Crippen molar-refractivity contribution in [3.8, 4) is 5.75 Å². The van der Waals surface area contributed by atoms with Crippen LogP contribution in [0.1, 0.15) is 18.4 Å². The van der Waals surface area contributed by atoms with E-state index in [2.05, 4.69) is 4.72 Å². The van der Waals surface area contributed by atoms with Crippen molar-refractivity contribution in [1.29, 1.82) is 0 Å². The van der Waals surface area contributed by atoms with E-state index in [1.807, 2.05) is 0 Å². The van der Waals surface area contributed by atoms with Crippen LogP contribution in [0.3, 0.4) is 0 Å². The fourth-order valence-corrected chi connectivity index (χ4v) is 4.02. The highest BCUT2D eigenvalue weighted by Crippen LogP contribution is 2.30. The Labute approximate surface area is 139 Å². The lowest BCUT2D eigenvalue weighted by Gasteiger charge is -2.14. The van der Waals surface area contributed by atoms with Crippen molar-refractivity contribution in [1.82, 2.24) is 4.72 Å². The summed E-state index contributed by atoms with van der Waals surface area (Å²) < 4.78 is 43.6. The van der Waals surface area contributed by atoms with Gasteiger partial charge in [-0.3, -0.25) is 0 Å². The number of rotatable bonds is 5. The Morgan fingerprint density at radius 3 is 2.79 bits per heavy atom. The summed E-state index contributed by atoms with van der Waals surface area (Å²) in [4.78, 5) is 11.5. The molecule has 1 aliphatic rings. The van der Waals surface area contributed by atoms with E-state index in [-0.39, 0.29) is 28.9 Å². The molecule has 1 aliphatic heterocycles. The molecule has 7 nitrogen and oxygen atoms in total. The lowest BCUT2D eigenvalue weighted by molar-refractivity contribution is 0.114. The third-order valence-corrected chi connectivity index (χ3v) is 5.49. The number of hydrogen-bond donors (Lipinski definition) is 1. The third-order valence-electron chi connectivity index (χ3n) is 4.05. The number of sulfonamides is 1. The van der Waals surface area contributed by atoms with Crippen molar-refractivity contribution in [2.45, 2.75) is 30.8 Å². The summed E-state index contributed by atoms with van der Waals surface area (Å²) in [6, 6.07) is 4.21. The minimum absolute atomic E-state index is 0.00689.